The van der Waals surface area contributed by atoms with E-state index in [1.54, 1.807) is 19.2 Å². The molecule has 1 atom stereocenters. The van der Waals surface area contributed by atoms with E-state index >= 15 is 0 Å². The number of aryl methyl sites for hydroxylation is 1. The molecule has 0 aliphatic heterocycles. The molecule has 6 heteroatoms. The fourth-order valence-electron chi connectivity index (χ4n) is 1.49. The number of rotatable bonds is 3. The number of benzene rings is 1. The van der Waals surface area contributed by atoms with E-state index in [1.165, 1.54) is 29.5 Å². The van der Waals surface area contributed by atoms with Gasteiger partial charge in [-0.25, -0.2) is 9.37 Å². The standard InChI is InChI=1S/C13H13FN2O2S/c1-7-5-9(3-4-10(7)14)12(18)16-13-15-11(6-19-13)8(2)17/h3-6,8,17H,1-2H3,(H,15,16,18). The first-order chi connectivity index (χ1) is 8.97. The number of halogens is 1. The van der Waals surface area contributed by atoms with Crippen molar-refractivity contribution < 1.29 is 14.3 Å². The summed E-state index contributed by atoms with van der Waals surface area (Å²) >= 11 is 1.23. The maximum atomic E-state index is 13.1. The third-order valence-electron chi connectivity index (χ3n) is 2.59. The predicted molar refractivity (Wildman–Crippen MR) is 71.8 cm³/mol. The van der Waals surface area contributed by atoms with Crippen molar-refractivity contribution in [2.24, 2.45) is 0 Å². The molecule has 0 radical (unpaired) electrons. The Morgan fingerprint density at radius 3 is 2.84 bits per heavy atom. The molecule has 2 aromatic rings. The summed E-state index contributed by atoms with van der Waals surface area (Å²) in [4.78, 5) is 16.0. The van der Waals surface area contributed by atoms with Gasteiger partial charge in [-0.3, -0.25) is 10.1 Å². The maximum absolute atomic E-state index is 13.1. The van der Waals surface area contributed by atoms with Crippen LogP contribution in [0, 0.1) is 12.7 Å². The summed E-state index contributed by atoms with van der Waals surface area (Å²) in [6.45, 7) is 3.20. The van der Waals surface area contributed by atoms with E-state index in [1.807, 2.05) is 0 Å². The van der Waals surface area contributed by atoms with Crippen molar-refractivity contribution in [2.75, 3.05) is 5.32 Å². The maximum Gasteiger partial charge on any atom is 0.257 e. The lowest BCUT2D eigenvalue weighted by molar-refractivity contribution is 0.102. The fraction of sp³-hybridized carbons (Fsp3) is 0.231. The van der Waals surface area contributed by atoms with Crippen molar-refractivity contribution in [1.29, 1.82) is 0 Å². The summed E-state index contributed by atoms with van der Waals surface area (Å²) in [5.74, 6) is -0.697. The molecule has 1 aromatic carbocycles. The van der Waals surface area contributed by atoms with Crippen molar-refractivity contribution in [3.8, 4) is 0 Å². The number of anilines is 1. The Bertz CT molecular complexity index is 610. The first-order valence-electron chi connectivity index (χ1n) is 5.68. The van der Waals surface area contributed by atoms with Crippen LogP contribution in [0.5, 0.6) is 0 Å². The molecule has 0 spiro atoms. The van der Waals surface area contributed by atoms with Crippen LogP contribution in [0.25, 0.3) is 0 Å². The molecule has 0 aliphatic carbocycles. The normalized spacial score (nSPS) is 12.2. The molecule has 2 rings (SSSR count). The second-order valence-corrected chi connectivity index (χ2v) is 5.03. The monoisotopic (exact) mass is 280 g/mol. The van der Waals surface area contributed by atoms with Crippen LogP contribution in [0.4, 0.5) is 9.52 Å². The zero-order chi connectivity index (χ0) is 14.0. The number of thiazole rings is 1. The van der Waals surface area contributed by atoms with Gasteiger partial charge >= 0.3 is 0 Å². The van der Waals surface area contributed by atoms with Crippen LogP contribution in [-0.4, -0.2) is 16.0 Å². The highest BCUT2D eigenvalue weighted by Gasteiger charge is 2.12. The Hall–Kier alpha value is -1.79. The summed E-state index contributed by atoms with van der Waals surface area (Å²) < 4.78 is 13.1. The first-order valence-corrected chi connectivity index (χ1v) is 6.56. The van der Waals surface area contributed by atoms with Crippen molar-refractivity contribution >= 4 is 22.4 Å². The highest BCUT2D eigenvalue weighted by molar-refractivity contribution is 7.14. The topological polar surface area (TPSA) is 62.2 Å². The molecular formula is C13H13FN2O2S. The van der Waals surface area contributed by atoms with Crippen molar-refractivity contribution in [3.63, 3.8) is 0 Å². The average molecular weight is 280 g/mol. The number of carbonyl (C=O) groups is 1. The molecule has 0 bridgehead atoms. The van der Waals surface area contributed by atoms with Crippen molar-refractivity contribution in [1.82, 2.24) is 4.98 Å². The number of aliphatic hydroxyl groups excluding tert-OH is 1. The van der Waals surface area contributed by atoms with Gasteiger partial charge in [-0.15, -0.1) is 11.3 Å². The highest BCUT2D eigenvalue weighted by Crippen LogP contribution is 2.21. The molecule has 0 saturated carbocycles. The summed E-state index contributed by atoms with van der Waals surface area (Å²) in [5.41, 5.74) is 1.29. The minimum absolute atomic E-state index is 0.345. The molecule has 0 aliphatic rings. The average Bonchev–Trinajstić information content (AvgIpc) is 2.81. The second kappa shape index (κ2) is 5.46. The van der Waals surface area contributed by atoms with E-state index in [4.69, 9.17) is 0 Å². The lowest BCUT2D eigenvalue weighted by atomic mass is 10.1. The molecule has 1 heterocycles. The Labute approximate surface area is 113 Å². The van der Waals surface area contributed by atoms with Crippen LogP contribution in [0.15, 0.2) is 23.6 Å². The summed E-state index contributed by atoms with van der Waals surface area (Å²) in [6.07, 6.45) is -0.671. The van der Waals surface area contributed by atoms with Crippen LogP contribution in [0.1, 0.15) is 34.6 Å². The van der Waals surface area contributed by atoms with E-state index < -0.39 is 6.10 Å². The van der Waals surface area contributed by atoms with Gasteiger partial charge in [0, 0.05) is 10.9 Å². The van der Waals surface area contributed by atoms with E-state index in [0.717, 1.165) is 0 Å². The number of carbonyl (C=O) groups excluding carboxylic acids is 1. The largest absolute Gasteiger partial charge is 0.387 e. The van der Waals surface area contributed by atoms with Crippen LogP contribution in [0.3, 0.4) is 0 Å². The third-order valence-corrected chi connectivity index (χ3v) is 3.37. The quantitative estimate of drug-likeness (QED) is 0.908. The Morgan fingerprint density at radius 1 is 1.53 bits per heavy atom. The lowest BCUT2D eigenvalue weighted by Gasteiger charge is -2.03. The summed E-state index contributed by atoms with van der Waals surface area (Å²) in [6, 6.07) is 4.15. The Morgan fingerprint density at radius 2 is 2.26 bits per heavy atom. The molecule has 1 unspecified atom stereocenters. The van der Waals surface area contributed by atoms with Gasteiger partial charge in [0.15, 0.2) is 5.13 Å². The molecule has 0 fully saturated rings. The van der Waals surface area contributed by atoms with Crippen LogP contribution in [-0.2, 0) is 0 Å². The van der Waals surface area contributed by atoms with Gasteiger partial charge in [-0.1, -0.05) is 0 Å². The van der Waals surface area contributed by atoms with Gasteiger partial charge in [0.25, 0.3) is 5.91 Å². The molecule has 4 nitrogen and oxygen atoms in total. The smallest absolute Gasteiger partial charge is 0.257 e. The zero-order valence-corrected chi connectivity index (χ0v) is 11.3. The molecule has 1 aromatic heterocycles. The van der Waals surface area contributed by atoms with Crippen LogP contribution >= 0.6 is 11.3 Å². The van der Waals surface area contributed by atoms with Gasteiger partial charge < -0.3 is 5.11 Å². The van der Waals surface area contributed by atoms with Gasteiger partial charge in [-0.05, 0) is 37.6 Å². The minimum Gasteiger partial charge on any atom is -0.387 e. The minimum atomic E-state index is -0.671. The number of aromatic nitrogens is 1. The summed E-state index contributed by atoms with van der Waals surface area (Å²) in [7, 11) is 0. The fourth-order valence-corrected chi connectivity index (χ4v) is 2.28. The van der Waals surface area contributed by atoms with E-state index in [0.29, 0.717) is 22.0 Å². The molecule has 2 N–H and O–H groups in total. The molecular weight excluding hydrogens is 267 g/mol. The van der Waals surface area contributed by atoms with Crippen LogP contribution < -0.4 is 5.32 Å². The number of hydrogen-bond acceptors (Lipinski definition) is 4. The first kappa shape index (κ1) is 13.6. The lowest BCUT2D eigenvalue weighted by Crippen LogP contribution is -2.12. The second-order valence-electron chi connectivity index (χ2n) is 4.17. The number of amides is 1. The Balaban J connectivity index is 2.13. The third kappa shape index (κ3) is 3.15. The van der Waals surface area contributed by atoms with Crippen molar-refractivity contribution in [3.05, 3.63) is 46.2 Å². The number of nitrogens with one attached hydrogen (secondary N) is 1. The summed E-state index contributed by atoms with van der Waals surface area (Å²) in [5, 5.41) is 14.0. The zero-order valence-electron chi connectivity index (χ0n) is 10.5. The van der Waals surface area contributed by atoms with E-state index in [2.05, 4.69) is 10.3 Å². The molecule has 0 saturated heterocycles. The molecule has 100 valence electrons. The van der Waals surface area contributed by atoms with Crippen LogP contribution in [0.2, 0.25) is 0 Å². The van der Waals surface area contributed by atoms with E-state index in [9.17, 15) is 14.3 Å². The van der Waals surface area contributed by atoms with Gasteiger partial charge in [0.05, 0.1) is 11.8 Å². The highest BCUT2D eigenvalue weighted by atomic mass is 32.1. The predicted octanol–water partition coefficient (Wildman–Crippen LogP) is 2.90. The van der Waals surface area contributed by atoms with E-state index in [-0.39, 0.29) is 11.7 Å². The number of aliphatic hydroxyl groups is 1. The molecule has 19 heavy (non-hydrogen) atoms. The van der Waals surface area contributed by atoms with Gasteiger partial charge in [0.1, 0.15) is 5.82 Å². The molecule has 1 amide bonds. The Kier molecular flexibility index (Phi) is 3.92. The van der Waals surface area contributed by atoms with Gasteiger partial charge in [0.2, 0.25) is 0 Å². The SMILES string of the molecule is Cc1cc(C(=O)Nc2nc(C(C)O)cs2)ccc1F. The number of hydrogen-bond donors (Lipinski definition) is 2. The number of nitrogens with zero attached hydrogens (tertiary/aromatic N) is 1. The van der Waals surface area contributed by atoms with Crippen molar-refractivity contribution in [2.45, 2.75) is 20.0 Å². The van der Waals surface area contributed by atoms with Gasteiger partial charge in [-0.2, -0.15) is 0 Å².